The van der Waals surface area contributed by atoms with Gasteiger partial charge in [0.05, 0.1) is 29.2 Å². The lowest BCUT2D eigenvalue weighted by Gasteiger charge is -2.34. The van der Waals surface area contributed by atoms with E-state index >= 15 is 0 Å². The van der Waals surface area contributed by atoms with Crippen LogP contribution in [0.4, 0.5) is 19.0 Å². The number of nitrogens with one attached hydrogen (secondary N) is 1. The number of fused-ring (bicyclic) bond motifs is 1. The molecule has 0 saturated carbocycles. The predicted molar refractivity (Wildman–Crippen MR) is 154 cm³/mol. The van der Waals surface area contributed by atoms with Gasteiger partial charge in [-0.15, -0.1) is 4.68 Å². The van der Waals surface area contributed by atoms with Crippen molar-refractivity contribution in [3.63, 3.8) is 0 Å². The van der Waals surface area contributed by atoms with Crippen LogP contribution in [-0.4, -0.2) is 49.1 Å². The monoisotopic (exact) mass is 653 g/mol. The van der Waals surface area contributed by atoms with Crippen LogP contribution in [0, 0.1) is 13.5 Å². The zero-order valence-electron chi connectivity index (χ0n) is 23.0. The van der Waals surface area contributed by atoms with Gasteiger partial charge in [-0.2, -0.15) is 18.2 Å². The summed E-state index contributed by atoms with van der Waals surface area (Å²) in [5.74, 6) is -0.884. The molecule has 10 nitrogen and oxygen atoms in total. The molecule has 0 fully saturated rings. The Morgan fingerprint density at radius 1 is 1.12 bits per heavy atom. The lowest BCUT2D eigenvalue weighted by atomic mass is 9.98. The molecule has 1 aliphatic heterocycles. The highest BCUT2D eigenvalue weighted by atomic mass is 79.9. The Labute approximate surface area is 251 Å². The van der Waals surface area contributed by atoms with Crippen molar-refractivity contribution >= 4 is 33.6 Å². The topological polar surface area (TPSA) is 106 Å². The minimum absolute atomic E-state index is 0.0134. The summed E-state index contributed by atoms with van der Waals surface area (Å²) < 4.78 is 42.9. The van der Waals surface area contributed by atoms with Crippen molar-refractivity contribution in [1.82, 2.24) is 29.5 Å². The van der Waals surface area contributed by atoms with E-state index in [9.17, 15) is 27.6 Å². The van der Waals surface area contributed by atoms with E-state index in [0.29, 0.717) is 22.5 Å². The van der Waals surface area contributed by atoms with E-state index in [1.165, 1.54) is 39.4 Å². The van der Waals surface area contributed by atoms with Crippen molar-refractivity contribution < 1.29 is 22.8 Å². The van der Waals surface area contributed by atoms with Crippen molar-refractivity contribution in [2.75, 3.05) is 7.05 Å². The average molecular weight is 654 g/mol. The molecule has 0 radical (unpaired) electrons. The Morgan fingerprint density at radius 2 is 1.79 bits per heavy atom. The number of aryl methyl sites for hydroxylation is 1. The van der Waals surface area contributed by atoms with Crippen LogP contribution in [0.5, 0.6) is 0 Å². The van der Waals surface area contributed by atoms with Gasteiger partial charge >= 0.3 is 12.1 Å². The fourth-order valence-electron chi connectivity index (χ4n) is 4.95. The Hall–Kier alpha value is -4.77. The Bertz CT molecular complexity index is 1870. The molecule has 43 heavy (non-hydrogen) atoms. The van der Waals surface area contributed by atoms with Gasteiger partial charge in [-0.25, -0.2) is 4.57 Å². The van der Waals surface area contributed by atoms with E-state index in [1.807, 2.05) is 0 Å². The molecule has 0 spiro atoms. The highest BCUT2D eigenvalue weighted by molar-refractivity contribution is 9.10. The zero-order chi connectivity index (χ0) is 31.2. The molecule has 1 N–H and O–H groups in total. The van der Waals surface area contributed by atoms with Gasteiger partial charge in [0.2, 0.25) is 0 Å². The third kappa shape index (κ3) is 5.43. The smallest absolute Gasteiger partial charge is 0.362 e. The van der Waals surface area contributed by atoms with Crippen molar-refractivity contribution in [2.24, 2.45) is 0 Å². The summed E-state index contributed by atoms with van der Waals surface area (Å²) in [7, 11) is 1.50. The number of benzene rings is 2. The van der Waals surface area contributed by atoms with Crippen LogP contribution < -0.4 is 10.9 Å². The normalized spacial score (nSPS) is 14.7. The minimum atomic E-state index is -4.67. The number of carbonyl (C=O) groups is 2. The van der Waals surface area contributed by atoms with Gasteiger partial charge in [-0.3, -0.25) is 14.4 Å². The van der Waals surface area contributed by atoms with Crippen LogP contribution >= 0.6 is 15.9 Å². The molecular formula is C29H23BrF3N7O3. The van der Waals surface area contributed by atoms with Crippen LogP contribution in [0.1, 0.15) is 50.2 Å². The number of carbonyl (C=O) groups excluding carboxylic acids is 2. The maximum absolute atomic E-state index is 14.1. The fourth-order valence-corrected chi connectivity index (χ4v) is 5.42. The highest BCUT2D eigenvalue weighted by Crippen LogP contribution is 2.36. The second kappa shape index (κ2) is 11.1. The van der Waals surface area contributed by atoms with Crippen LogP contribution in [0.15, 0.2) is 57.8 Å². The number of nitrogens with zero attached hydrogens (tertiary/aromatic N) is 6. The third-order valence-corrected chi connectivity index (χ3v) is 7.80. The number of amides is 2. The molecule has 4 aromatic rings. The van der Waals surface area contributed by atoms with Gasteiger partial charge in [0, 0.05) is 34.3 Å². The summed E-state index contributed by atoms with van der Waals surface area (Å²) in [6.07, 6.45) is -4.59. The van der Waals surface area contributed by atoms with E-state index in [2.05, 4.69) is 31.2 Å². The Balaban J connectivity index is 1.64. The fraction of sp³-hybridized carbons (Fsp3) is 0.241. The van der Waals surface area contributed by atoms with Gasteiger partial charge in [0.25, 0.3) is 23.2 Å². The van der Waals surface area contributed by atoms with Crippen LogP contribution in [-0.2, 0) is 19.1 Å². The number of aromatic nitrogens is 4. The molecular weight excluding hydrogens is 631 g/mol. The third-order valence-electron chi connectivity index (χ3n) is 7.11. The number of hydrogen-bond acceptors (Lipinski definition) is 5. The minimum Gasteiger partial charge on any atom is -0.362 e. The number of halogens is 4. The lowest BCUT2D eigenvalue weighted by molar-refractivity contribution is -0.138. The first kappa shape index (κ1) is 29.7. The second-order valence-electron chi connectivity index (χ2n) is 9.95. The summed E-state index contributed by atoms with van der Waals surface area (Å²) in [6.45, 7) is 10.8. The standard InChI is InChI=1S/C29H23BrF3N7O3/c1-15-11-24(34-3)40(37-15)28-36-23-14-38(26(42)18-7-10-22(30)21(13-18)29(31,32)33)16(2)12-20(23)27(43)39(28)19-8-5-17(6-9-19)25(41)35-4/h5-11,13,16H,12,14H2,1-2,4H3,(H,35,41). The molecule has 1 unspecified atom stereocenters. The summed E-state index contributed by atoms with van der Waals surface area (Å²) in [4.78, 5) is 49.2. The maximum Gasteiger partial charge on any atom is 0.417 e. The molecule has 2 aromatic heterocycles. The van der Waals surface area contributed by atoms with Crippen LogP contribution in [0.25, 0.3) is 16.5 Å². The molecule has 2 amide bonds. The molecule has 0 bridgehead atoms. The van der Waals surface area contributed by atoms with Gasteiger partial charge in [0.1, 0.15) is 0 Å². The van der Waals surface area contributed by atoms with Crippen molar-refractivity contribution in [3.8, 4) is 11.6 Å². The lowest BCUT2D eigenvalue weighted by Crippen LogP contribution is -2.46. The SMILES string of the molecule is [C-]#[N+]c1cc(C)nn1-c1nc2c(c(=O)n1-c1ccc(C(=O)NC)cc1)CC(C)N(C(=O)c1ccc(Br)c(C(F)(F)F)c1)C2. The first-order valence-corrected chi connectivity index (χ1v) is 13.7. The zero-order valence-corrected chi connectivity index (χ0v) is 24.6. The molecule has 14 heteroatoms. The van der Waals surface area contributed by atoms with Crippen LogP contribution in [0.3, 0.4) is 0 Å². The molecule has 0 saturated heterocycles. The number of hydrogen-bond donors (Lipinski definition) is 1. The van der Waals surface area contributed by atoms with E-state index in [0.717, 1.165) is 6.07 Å². The average Bonchev–Trinajstić information content (AvgIpc) is 3.36. The molecule has 3 heterocycles. The van der Waals surface area contributed by atoms with Crippen molar-refractivity contribution in [2.45, 2.75) is 39.0 Å². The van der Waals surface area contributed by atoms with E-state index in [1.54, 1.807) is 38.1 Å². The van der Waals surface area contributed by atoms with Gasteiger partial charge in [-0.05, 0) is 68.8 Å². The maximum atomic E-state index is 14.1. The summed E-state index contributed by atoms with van der Waals surface area (Å²) in [6, 6.07) is 10.5. The van der Waals surface area contributed by atoms with Crippen molar-refractivity contribution in [1.29, 1.82) is 0 Å². The van der Waals surface area contributed by atoms with E-state index < -0.39 is 29.2 Å². The first-order chi connectivity index (χ1) is 20.3. The number of alkyl halides is 3. The van der Waals surface area contributed by atoms with E-state index in [4.69, 9.17) is 11.6 Å². The summed E-state index contributed by atoms with van der Waals surface area (Å²) in [5, 5.41) is 6.90. The summed E-state index contributed by atoms with van der Waals surface area (Å²) in [5.41, 5.74) is 0.195. The molecule has 0 aliphatic carbocycles. The molecule has 1 atom stereocenters. The predicted octanol–water partition coefficient (Wildman–Crippen LogP) is 5.01. The summed E-state index contributed by atoms with van der Waals surface area (Å²) >= 11 is 2.90. The van der Waals surface area contributed by atoms with Crippen LogP contribution in [0.2, 0.25) is 0 Å². The number of rotatable bonds is 4. The Morgan fingerprint density at radius 3 is 2.42 bits per heavy atom. The first-order valence-electron chi connectivity index (χ1n) is 12.9. The molecule has 5 rings (SSSR count). The highest BCUT2D eigenvalue weighted by Gasteiger charge is 2.36. The van der Waals surface area contributed by atoms with Gasteiger partial charge in [0.15, 0.2) is 0 Å². The van der Waals surface area contributed by atoms with Gasteiger partial charge < -0.3 is 15.1 Å². The van der Waals surface area contributed by atoms with Crippen molar-refractivity contribution in [3.05, 3.63) is 108 Å². The second-order valence-corrected chi connectivity index (χ2v) is 10.8. The molecule has 1 aliphatic rings. The quantitative estimate of drug-likeness (QED) is 0.312. The molecule has 2 aromatic carbocycles. The van der Waals surface area contributed by atoms with Gasteiger partial charge in [-0.1, -0.05) is 27.6 Å². The largest absolute Gasteiger partial charge is 0.417 e. The van der Waals surface area contributed by atoms with E-state index in [-0.39, 0.29) is 46.4 Å². The molecule has 220 valence electrons. The Kier molecular flexibility index (Phi) is 7.70.